The average molecular weight is 351 g/mol. The number of nitrogens with zero attached hydrogens (tertiary/aromatic N) is 1. The molecule has 0 aromatic carbocycles. The molecule has 1 saturated carbocycles. The minimum Gasteiger partial charge on any atom is -0.349 e. The number of hydrogen-bond donors (Lipinski definition) is 1. The zero-order valence-corrected chi connectivity index (χ0v) is 16.6. The molecule has 4 atom stereocenters. The van der Waals surface area contributed by atoms with Gasteiger partial charge in [0, 0.05) is 17.5 Å². The molecule has 1 N–H and O–H groups in total. The van der Waals surface area contributed by atoms with Crippen LogP contribution in [0.3, 0.4) is 0 Å². The van der Waals surface area contributed by atoms with Crippen LogP contribution in [0.1, 0.15) is 71.2 Å². The number of hydrogen-bond acceptors (Lipinski definition) is 3. The lowest BCUT2D eigenvalue weighted by atomic mass is 9.77. The fourth-order valence-electron chi connectivity index (χ4n) is 3.87. The Kier molecular flexibility index (Phi) is 7.73. The van der Waals surface area contributed by atoms with Crippen LogP contribution in [0.2, 0.25) is 0 Å². The second-order valence-corrected chi connectivity index (χ2v) is 8.75. The third-order valence-electron chi connectivity index (χ3n) is 5.76. The summed E-state index contributed by atoms with van der Waals surface area (Å²) >= 11 is 1.60. The van der Waals surface area contributed by atoms with Crippen LogP contribution in [0.5, 0.6) is 0 Å². The minimum absolute atomic E-state index is 0.107. The molecule has 1 aromatic heterocycles. The average Bonchev–Trinajstić information content (AvgIpc) is 3.26. The monoisotopic (exact) mass is 350 g/mol. The highest BCUT2D eigenvalue weighted by Gasteiger charge is 2.40. The van der Waals surface area contributed by atoms with Gasteiger partial charge in [-0.15, -0.1) is 11.3 Å². The Morgan fingerprint density at radius 2 is 2.08 bits per heavy atom. The molecule has 0 bridgehead atoms. The maximum atomic E-state index is 12.6. The van der Waals surface area contributed by atoms with E-state index in [9.17, 15) is 4.79 Å². The molecule has 1 aromatic rings. The topological polar surface area (TPSA) is 42.0 Å². The van der Waals surface area contributed by atoms with Crippen molar-refractivity contribution in [3.8, 4) is 0 Å². The molecule has 3 nitrogen and oxygen atoms in total. The van der Waals surface area contributed by atoms with E-state index in [0.717, 1.165) is 16.8 Å². The van der Waals surface area contributed by atoms with E-state index in [4.69, 9.17) is 0 Å². The Hall–Kier alpha value is -0.900. The second kappa shape index (κ2) is 9.55. The first kappa shape index (κ1) is 19.4. The number of carbonyl (C=O) groups excluding carboxylic acids is 1. The van der Waals surface area contributed by atoms with Crippen LogP contribution >= 0.6 is 11.3 Å². The Balaban J connectivity index is 1.82. The van der Waals surface area contributed by atoms with Gasteiger partial charge in [-0.05, 0) is 36.5 Å². The summed E-state index contributed by atoms with van der Waals surface area (Å²) in [6.07, 6.45) is 9.57. The largest absolute Gasteiger partial charge is 0.349 e. The highest BCUT2D eigenvalue weighted by Crippen LogP contribution is 2.45. The molecule has 1 fully saturated rings. The molecule has 1 heterocycles. The molecule has 0 saturated heterocycles. The molecule has 0 spiro atoms. The van der Waals surface area contributed by atoms with Crippen LogP contribution < -0.4 is 5.32 Å². The minimum atomic E-state index is 0.107. The fraction of sp³-hybridized carbons (Fsp3) is 0.800. The van der Waals surface area contributed by atoms with Crippen LogP contribution in [-0.4, -0.2) is 10.9 Å². The third kappa shape index (κ3) is 5.87. The number of thiazole rings is 1. The smallest absolute Gasteiger partial charge is 0.223 e. The van der Waals surface area contributed by atoms with E-state index in [1.165, 1.54) is 38.5 Å². The van der Waals surface area contributed by atoms with Gasteiger partial charge in [-0.2, -0.15) is 0 Å². The van der Waals surface area contributed by atoms with Gasteiger partial charge in [-0.1, -0.05) is 53.4 Å². The summed E-state index contributed by atoms with van der Waals surface area (Å²) in [5, 5.41) is 6.04. The van der Waals surface area contributed by atoms with Gasteiger partial charge in [0.2, 0.25) is 5.91 Å². The SMILES string of the molecule is CCC(C)CCCC(C)C(C1CC1)C(C)C(=O)NCc1nccs1. The van der Waals surface area contributed by atoms with Gasteiger partial charge < -0.3 is 5.32 Å². The molecule has 0 radical (unpaired) electrons. The van der Waals surface area contributed by atoms with Crippen molar-refractivity contribution >= 4 is 17.2 Å². The van der Waals surface area contributed by atoms with Crippen molar-refractivity contribution in [1.82, 2.24) is 10.3 Å². The number of carbonyl (C=O) groups is 1. The van der Waals surface area contributed by atoms with Gasteiger partial charge in [-0.3, -0.25) is 4.79 Å². The number of amides is 1. The first-order valence-electron chi connectivity index (χ1n) is 9.69. The van der Waals surface area contributed by atoms with Crippen molar-refractivity contribution in [1.29, 1.82) is 0 Å². The van der Waals surface area contributed by atoms with E-state index >= 15 is 0 Å². The van der Waals surface area contributed by atoms with Crippen LogP contribution in [0, 0.1) is 29.6 Å². The number of nitrogens with one attached hydrogen (secondary N) is 1. The second-order valence-electron chi connectivity index (χ2n) is 7.77. The first-order chi connectivity index (χ1) is 11.5. The molecule has 2 rings (SSSR count). The van der Waals surface area contributed by atoms with E-state index in [1.807, 2.05) is 5.38 Å². The zero-order chi connectivity index (χ0) is 17.5. The van der Waals surface area contributed by atoms with Gasteiger partial charge >= 0.3 is 0 Å². The zero-order valence-electron chi connectivity index (χ0n) is 15.8. The molecular weight excluding hydrogens is 316 g/mol. The Labute approximate surface area is 151 Å². The fourth-order valence-corrected chi connectivity index (χ4v) is 4.43. The Morgan fingerprint density at radius 3 is 2.67 bits per heavy atom. The third-order valence-corrected chi connectivity index (χ3v) is 6.54. The highest BCUT2D eigenvalue weighted by atomic mass is 32.1. The standard InChI is InChI=1S/C20H34N2OS/c1-5-14(2)7-6-8-15(3)19(17-9-10-17)16(4)20(23)22-13-18-21-11-12-24-18/h11-12,14-17,19H,5-10,13H2,1-4H3,(H,22,23). The lowest BCUT2D eigenvalue weighted by molar-refractivity contribution is -0.127. The van der Waals surface area contributed by atoms with E-state index in [0.29, 0.717) is 18.4 Å². The van der Waals surface area contributed by atoms with Crippen molar-refractivity contribution in [2.75, 3.05) is 0 Å². The summed E-state index contributed by atoms with van der Waals surface area (Å²) in [6.45, 7) is 9.68. The van der Waals surface area contributed by atoms with Gasteiger partial charge in [0.25, 0.3) is 0 Å². The van der Waals surface area contributed by atoms with Crippen molar-refractivity contribution in [3.05, 3.63) is 16.6 Å². The summed E-state index contributed by atoms with van der Waals surface area (Å²) in [7, 11) is 0. The van der Waals surface area contributed by atoms with Gasteiger partial charge in [0.1, 0.15) is 5.01 Å². The highest BCUT2D eigenvalue weighted by molar-refractivity contribution is 7.09. The van der Waals surface area contributed by atoms with Crippen molar-refractivity contribution in [2.45, 2.75) is 72.8 Å². The summed E-state index contributed by atoms with van der Waals surface area (Å²) in [5.41, 5.74) is 0. The van der Waals surface area contributed by atoms with Crippen molar-refractivity contribution in [3.63, 3.8) is 0 Å². The maximum absolute atomic E-state index is 12.6. The normalized spacial score (nSPS) is 19.5. The summed E-state index contributed by atoms with van der Waals surface area (Å²) < 4.78 is 0. The molecule has 1 amide bonds. The van der Waals surface area contributed by atoms with E-state index < -0.39 is 0 Å². The van der Waals surface area contributed by atoms with E-state index in [2.05, 4.69) is 38.0 Å². The molecule has 136 valence electrons. The summed E-state index contributed by atoms with van der Waals surface area (Å²) in [6, 6.07) is 0. The first-order valence-corrected chi connectivity index (χ1v) is 10.6. The van der Waals surface area contributed by atoms with Crippen LogP contribution in [0.4, 0.5) is 0 Å². The molecule has 1 aliphatic rings. The quantitative estimate of drug-likeness (QED) is 0.590. The Bertz CT molecular complexity index is 484. The number of aromatic nitrogens is 1. The summed E-state index contributed by atoms with van der Waals surface area (Å²) in [4.78, 5) is 16.9. The number of rotatable bonds is 11. The summed E-state index contributed by atoms with van der Waals surface area (Å²) in [5.74, 6) is 3.09. The lowest BCUT2D eigenvalue weighted by Crippen LogP contribution is -2.36. The van der Waals surface area contributed by atoms with Crippen LogP contribution in [-0.2, 0) is 11.3 Å². The molecule has 4 unspecified atom stereocenters. The molecular formula is C20H34N2OS. The van der Waals surface area contributed by atoms with Crippen LogP contribution in [0.15, 0.2) is 11.6 Å². The van der Waals surface area contributed by atoms with Gasteiger partial charge in [0.15, 0.2) is 0 Å². The Morgan fingerprint density at radius 1 is 1.33 bits per heavy atom. The molecule has 1 aliphatic carbocycles. The maximum Gasteiger partial charge on any atom is 0.223 e. The predicted octanol–water partition coefficient (Wildman–Crippen LogP) is 5.27. The van der Waals surface area contributed by atoms with Crippen molar-refractivity contribution in [2.24, 2.45) is 29.6 Å². The van der Waals surface area contributed by atoms with Gasteiger partial charge in [0.05, 0.1) is 6.54 Å². The van der Waals surface area contributed by atoms with Crippen LogP contribution in [0.25, 0.3) is 0 Å². The molecule has 24 heavy (non-hydrogen) atoms. The molecule has 0 aliphatic heterocycles. The lowest BCUT2D eigenvalue weighted by Gasteiger charge is -2.29. The van der Waals surface area contributed by atoms with E-state index in [1.54, 1.807) is 17.5 Å². The van der Waals surface area contributed by atoms with E-state index in [-0.39, 0.29) is 11.8 Å². The van der Waals surface area contributed by atoms with Crippen molar-refractivity contribution < 1.29 is 4.79 Å². The van der Waals surface area contributed by atoms with Gasteiger partial charge in [-0.25, -0.2) is 4.98 Å². The predicted molar refractivity (Wildman–Crippen MR) is 102 cm³/mol. The molecule has 4 heteroatoms.